The molecule has 0 aromatic carbocycles. The average Bonchev–Trinajstić information content (AvgIpc) is 1.97. The molecule has 11 heavy (non-hydrogen) atoms. The van der Waals surface area contributed by atoms with E-state index in [4.69, 9.17) is 4.74 Å². The standard InChI is InChI=1S/C8H13NO2/c1-4-11-6-8(5-9-3)7(2)10/h5-6H,4H2,1-3H3/b8-6+,9-5?. The molecular weight excluding hydrogens is 142 g/mol. The molecule has 0 saturated carbocycles. The number of carbonyl (C=O) groups excluding carboxylic acids is 1. The summed E-state index contributed by atoms with van der Waals surface area (Å²) in [6, 6.07) is 0. The van der Waals surface area contributed by atoms with Crippen molar-refractivity contribution < 1.29 is 9.53 Å². The molecule has 0 aromatic heterocycles. The lowest BCUT2D eigenvalue weighted by Crippen LogP contribution is -1.99. The van der Waals surface area contributed by atoms with Crippen molar-refractivity contribution in [3.8, 4) is 0 Å². The van der Waals surface area contributed by atoms with Crippen LogP contribution in [0, 0.1) is 0 Å². The van der Waals surface area contributed by atoms with Crippen molar-refractivity contribution in [1.82, 2.24) is 0 Å². The molecule has 0 unspecified atom stereocenters. The molecule has 0 spiro atoms. The number of nitrogens with zero attached hydrogens (tertiary/aromatic N) is 1. The van der Waals surface area contributed by atoms with Gasteiger partial charge in [0.1, 0.15) is 0 Å². The summed E-state index contributed by atoms with van der Waals surface area (Å²) in [6.07, 6.45) is 2.91. The van der Waals surface area contributed by atoms with Crippen LogP contribution in [0.15, 0.2) is 16.8 Å². The lowest BCUT2D eigenvalue weighted by atomic mass is 10.2. The Morgan fingerprint density at radius 1 is 1.64 bits per heavy atom. The quantitative estimate of drug-likeness (QED) is 0.347. The van der Waals surface area contributed by atoms with Gasteiger partial charge < -0.3 is 4.74 Å². The van der Waals surface area contributed by atoms with Gasteiger partial charge in [-0.05, 0) is 13.8 Å². The van der Waals surface area contributed by atoms with Gasteiger partial charge in [0.25, 0.3) is 0 Å². The van der Waals surface area contributed by atoms with Gasteiger partial charge >= 0.3 is 0 Å². The third-order valence-corrected chi connectivity index (χ3v) is 1.05. The van der Waals surface area contributed by atoms with Crippen molar-refractivity contribution in [1.29, 1.82) is 0 Å². The first-order valence-electron chi connectivity index (χ1n) is 3.47. The minimum Gasteiger partial charge on any atom is -0.501 e. The zero-order chi connectivity index (χ0) is 8.69. The normalized spacial score (nSPS) is 12.1. The fourth-order valence-electron chi connectivity index (χ4n) is 0.517. The average molecular weight is 155 g/mol. The van der Waals surface area contributed by atoms with Gasteiger partial charge in [-0.2, -0.15) is 0 Å². The van der Waals surface area contributed by atoms with Crippen LogP contribution < -0.4 is 0 Å². The minimum absolute atomic E-state index is 0.0379. The number of carbonyl (C=O) groups is 1. The number of ether oxygens (including phenoxy) is 1. The Hall–Kier alpha value is -1.12. The number of allylic oxidation sites excluding steroid dienone is 1. The van der Waals surface area contributed by atoms with Crippen molar-refractivity contribution in [3.05, 3.63) is 11.8 Å². The first-order valence-corrected chi connectivity index (χ1v) is 3.47. The van der Waals surface area contributed by atoms with Gasteiger partial charge in [-0.25, -0.2) is 0 Å². The van der Waals surface area contributed by atoms with Gasteiger partial charge in [0.15, 0.2) is 5.78 Å². The van der Waals surface area contributed by atoms with Crippen LogP contribution in [0.3, 0.4) is 0 Å². The maximum absolute atomic E-state index is 10.8. The van der Waals surface area contributed by atoms with Gasteiger partial charge in [0.2, 0.25) is 0 Å². The van der Waals surface area contributed by atoms with Crippen LogP contribution in [-0.4, -0.2) is 25.7 Å². The predicted octanol–water partition coefficient (Wildman–Crippen LogP) is 1.20. The molecule has 0 N–H and O–H groups in total. The van der Waals surface area contributed by atoms with Crippen LogP contribution in [0.1, 0.15) is 13.8 Å². The second kappa shape index (κ2) is 5.65. The van der Waals surface area contributed by atoms with Gasteiger partial charge in [-0.1, -0.05) is 0 Å². The molecule has 0 rings (SSSR count). The molecule has 3 nitrogen and oxygen atoms in total. The van der Waals surface area contributed by atoms with Gasteiger partial charge in [-0.3, -0.25) is 9.79 Å². The Labute approximate surface area is 66.8 Å². The fraction of sp³-hybridized carbons (Fsp3) is 0.500. The van der Waals surface area contributed by atoms with E-state index in [0.717, 1.165) is 0 Å². The van der Waals surface area contributed by atoms with Crippen LogP contribution in [0.5, 0.6) is 0 Å². The highest BCUT2D eigenvalue weighted by Gasteiger charge is 1.98. The molecule has 0 aliphatic rings. The first-order chi connectivity index (χ1) is 5.22. The molecule has 0 bridgehead atoms. The van der Waals surface area contributed by atoms with E-state index in [0.29, 0.717) is 12.2 Å². The van der Waals surface area contributed by atoms with Gasteiger partial charge in [-0.15, -0.1) is 0 Å². The van der Waals surface area contributed by atoms with E-state index in [2.05, 4.69) is 4.99 Å². The fourth-order valence-corrected chi connectivity index (χ4v) is 0.517. The summed E-state index contributed by atoms with van der Waals surface area (Å²) in [6.45, 7) is 3.90. The monoisotopic (exact) mass is 155 g/mol. The minimum atomic E-state index is -0.0379. The zero-order valence-electron chi connectivity index (χ0n) is 7.13. The Bertz CT molecular complexity index is 183. The largest absolute Gasteiger partial charge is 0.501 e. The molecule has 0 radical (unpaired) electrons. The van der Waals surface area contributed by atoms with Crippen LogP contribution in [0.4, 0.5) is 0 Å². The summed E-state index contributed by atoms with van der Waals surface area (Å²) >= 11 is 0. The summed E-state index contributed by atoms with van der Waals surface area (Å²) < 4.78 is 4.94. The number of rotatable bonds is 4. The molecule has 0 aliphatic heterocycles. The van der Waals surface area contributed by atoms with Crippen molar-refractivity contribution in [2.24, 2.45) is 4.99 Å². The molecule has 62 valence electrons. The predicted molar refractivity (Wildman–Crippen MR) is 44.8 cm³/mol. The Balaban J connectivity index is 4.20. The zero-order valence-corrected chi connectivity index (χ0v) is 7.13. The molecule has 0 aliphatic carbocycles. The van der Waals surface area contributed by atoms with E-state index in [1.807, 2.05) is 6.92 Å². The highest BCUT2D eigenvalue weighted by atomic mass is 16.5. The van der Waals surface area contributed by atoms with Crippen molar-refractivity contribution in [2.45, 2.75) is 13.8 Å². The summed E-state index contributed by atoms with van der Waals surface area (Å²) in [7, 11) is 1.61. The van der Waals surface area contributed by atoms with Crippen LogP contribution >= 0.6 is 0 Å². The van der Waals surface area contributed by atoms with Crippen molar-refractivity contribution in [3.63, 3.8) is 0 Å². The molecule has 0 atom stereocenters. The maximum Gasteiger partial charge on any atom is 0.164 e. The summed E-state index contributed by atoms with van der Waals surface area (Å²) in [5.41, 5.74) is 0.495. The Morgan fingerprint density at radius 2 is 2.27 bits per heavy atom. The Morgan fingerprint density at radius 3 is 2.64 bits per heavy atom. The third kappa shape index (κ3) is 4.31. The third-order valence-electron chi connectivity index (χ3n) is 1.05. The summed E-state index contributed by atoms with van der Waals surface area (Å²) in [5.74, 6) is -0.0379. The molecule has 0 aromatic rings. The van der Waals surface area contributed by atoms with E-state index in [1.54, 1.807) is 7.05 Å². The smallest absolute Gasteiger partial charge is 0.164 e. The molecule has 0 amide bonds. The second-order valence-electron chi connectivity index (χ2n) is 1.97. The van der Waals surface area contributed by atoms with Gasteiger partial charge in [0.05, 0.1) is 18.4 Å². The Kier molecular flexibility index (Phi) is 5.07. The molecule has 0 fully saturated rings. The maximum atomic E-state index is 10.8. The number of Topliss-reactive ketones (excluding diaryl/α,β-unsaturated/α-hetero) is 1. The molecule has 3 heteroatoms. The van der Waals surface area contributed by atoms with Gasteiger partial charge in [0, 0.05) is 13.3 Å². The highest BCUT2D eigenvalue weighted by molar-refractivity contribution is 6.11. The first kappa shape index (κ1) is 9.88. The summed E-state index contributed by atoms with van der Waals surface area (Å²) in [5, 5.41) is 0. The molecular formula is C8H13NO2. The highest BCUT2D eigenvalue weighted by Crippen LogP contribution is 1.92. The topological polar surface area (TPSA) is 38.7 Å². The lowest BCUT2D eigenvalue weighted by Gasteiger charge is -1.96. The van der Waals surface area contributed by atoms with E-state index < -0.39 is 0 Å². The molecule has 0 heterocycles. The van der Waals surface area contributed by atoms with Crippen LogP contribution in [0.25, 0.3) is 0 Å². The van der Waals surface area contributed by atoms with E-state index in [-0.39, 0.29) is 5.78 Å². The lowest BCUT2D eigenvalue weighted by molar-refractivity contribution is -0.113. The number of ketones is 1. The summed E-state index contributed by atoms with van der Waals surface area (Å²) in [4.78, 5) is 14.5. The van der Waals surface area contributed by atoms with Crippen LogP contribution in [0.2, 0.25) is 0 Å². The number of aliphatic imine (C=N–C) groups is 1. The second-order valence-corrected chi connectivity index (χ2v) is 1.97. The molecule has 0 saturated heterocycles. The SMILES string of the molecule is CCO/C=C(\C=NC)C(C)=O. The van der Waals surface area contributed by atoms with Crippen molar-refractivity contribution in [2.75, 3.05) is 13.7 Å². The number of hydrogen-bond donors (Lipinski definition) is 0. The van der Waals surface area contributed by atoms with E-state index in [1.165, 1.54) is 19.4 Å². The van der Waals surface area contributed by atoms with Crippen molar-refractivity contribution >= 4 is 12.0 Å². The van der Waals surface area contributed by atoms with E-state index >= 15 is 0 Å². The van der Waals surface area contributed by atoms with E-state index in [9.17, 15) is 4.79 Å². The van der Waals surface area contributed by atoms with Crippen LogP contribution in [-0.2, 0) is 9.53 Å². The number of hydrogen-bond acceptors (Lipinski definition) is 3.